The van der Waals surface area contributed by atoms with E-state index in [0.717, 1.165) is 10.4 Å². The Balaban J connectivity index is 1.60. The zero-order valence-corrected chi connectivity index (χ0v) is 18.4. The van der Waals surface area contributed by atoms with Crippen molar-refractivity contribution in [3.63, 3.8) is 0 Å². The monoisotopic (exact) mass is 444 g/mol. The van der Waals surface area contributed by atoms with Crippen molar-refractivity contribution in [3.8, 4) is 0 Å². The molecule has 158 valence electrons. The van der Waals surface area contributed by atoms with Crippen LogP contribution in [-0.2, 0) is 21.4 Å². The number of thiophene rings is 1. The van der Waals surface area contributed by atoms with Crippen LogP contribution in [0.2, 0.25) is 0 Å². The lowest BCUT2D eigenvalue weighted by Gasteiger charge is -2.20. The SMILES string of the molecule is CC(C)C(NC(=O)/C=C/c1ccc(S(=O)(=O)NCc2ccco2)cc1)c1cccs1. The van der Waals surface area contributed by atoms with Crippen LogP contribution >= 0.6 is 11.3 Å². The van der Waals surface area contributed by atoms with Crippen LogP contribution in [0.15, 0.2) is 75.6 Å². The van der Waals surface area contributed by atoms with Gasteiger partial charge in [0, 0.05) is 11.0 Å². The first-order chi connectivity index (χ1) is 14.3. The Morgan fingerprint density at radius 1 is 1.13 bits per heavy atom. The minimum atomic E-state index is -3.65. The second-order valence-electron chi connectivity index (χ2n) is 7.05. The van der Waals surface area contributed by atoms with Crippen LogP contribution in [0.25, 0.3) is 6.08 Å². The van der Waals surface area contributed by atoms with Gasteiger partial charge in [-0.25, -0.2) is 13.1 Å². The van der Waals surface area contributed by atoms with Crippen molar-refractivity contribution in [2.45, 2.75) is 31.3 Å². The Kier molecular flexibility index (Phi) is 7.25. The predicted octanol–water partition coefficient (Wildman–Crippen LogP) is 4.35. The van der Waals surface area contributed by atoms with Crippen LogP contribution in [-0.4, -0.2) is 14.3 Å². The fraction of sp³-hybridized carbons (Fsp3) is 0.227. The zero-order valence-electron chi connectivity index (χ0n) is 16.7. The Labute approximate surface area is 180 Å². The van der Waals surface area contributed by atoms with E-state index < -0.39 is 10.0 Å². The molecule has 0 radical (unpaired) electrons. The van der Waals surface area contributed by atoms with E-state index in [-0.39, 0.29) is 29.3 Å². The number of carbonyl (C=O) groups excluding carboxylic acids is 1. The molecule has 3 rings (SSSR count). The van der Waals surface area contributed by atoms with Gasteiger partial charge in [-0.3, -0.25) is 4.79 Å². The molecule has 0 aliphatic heterocycles. The Bertz CT molecular complexity index is 1070. The smallest absolute Gasteiger partial charge is 0.244 e. The molecule has 30 heavy (non-hydrogen) atoms. The van der Waals surface area contributed by atoms with E-state index >= 15 is 0 Å². The average molecular weight is 445 g/mol. The molecule has 1 aromatic carbocycles. The van der Waals surface area contributed by atoms with Gasteiger partial charge in [-0.15, -0.1) is 11.3 Å². The predicted molar refractivity (Wildman–Crippen MR) is 118 cm³/mol. The van der Waals surface area contributed by atoms with Crippen LogP contribution in [0, 0.1) is 5.92 Å². The molecule has 8 heteroatoms. The molecule has 2 heterocycles. The number of hydrogen-bond acceptors (Lipinski definition) is 5. The van der Waals surface area contributed by atoms with Crippen molar-refractivity contribution < 1.29 is 17.6 Å². The Hall–Kier alpha value is -2.68. The quantitative estimate of drug-likeness (QED) is 0.481. The second kappa shape index (κ2) is 9.88. The van der Waals surface area contributed by atoms with E-state index in [1.54, 1.807) is 41.7 Å². The maximum Gasteiger partial charge on any atom is 0.244 e. The van der Waals surface area contributed by atoms with Gasteiger partial charge in [-0.2, -0.15) is 0 Å². The summed E-state index contributed by atoms with van der Waals surface area (Å²) in [5, 5.41) is 5.02. The summed E-state index contributed by atoms with van der Waals surface area (Å²) in [5.41, 5.74) is 0.729. The lowest BCUT2D eigenvalue weighted by atomic mass is 10.0. The van der Waals surface area contributed by atoms with Crippen molar-refractivity contribution in [1.82, 2.24) is 10.0 Å². The molecular weight excluding hydrogens is 420 g/mol. The van der Waals surface area contributed by atoms with Crippen molar-refractivity contribution in [1.29, 1.82) is 0 Å². The molecule has 0 fully saturated rings. The first kappa shape index (κ1) is 22.0. The first-order valence-electron chi connectivity index (χ1n) is 9.49. The fourth-order valence-corrected chi connectivity index (χ4v) is 4.77. The van der Waals surface area contributed by atoms with Gasteiger partial charge < -0.3 is 9.73 Å². The summed E-state index contributed by atoms with van der Waals surface area (Å²) in [4.78, 5) is 13.6. The van der Waals surface area contributed by atoms with Crippen molar-refractivity contribution in [2.24, 2.45) is 5.92 Å². The van der Waals surface area contributed by atoms with Crippen molar-refractivity contribution in [2.75, 3.05) is 0 Å². The van der Waals surface area contributed by atoms with Crippen molar-refractivity contribution in [3.05, 3.63) is 82.5 Å². The molecule has 1 atom stereocenters. The van der Waals surface area contributed by atoms with Gasteiger partial charge in [-0.05, 0) is 53.3 Å². The summed E-state index contributed by atoms with van der Waals surface area (Å²) >= 11 is 1.62. The fourth-order valence-electron chi connectivity index (χ4n) is 2.83. The number of benzene rings is 1. The molecule has 0 aliphatic rings. The number of sulfonamides is 1. The largest absolute Gasteiger partial charge is 0.468 e. The summed E-state index contributed by atoms with van der Waals surface area (Å²) in [5.74, 6) is 0.601. The lowest BCUT2D eigenvalue weighted by molar-refractivity contribution is -0.117. The third-order valence-corrected chi connectivity index (χ3v) is 6.82. The molecule has 1 amide bonds. The summed E-state index contributed by atoms with van der Waals surface area (Å²) in [6.07, 6.45) is 4.61. The summed E-state index contributed by atoms with van der Waals surface area (Å²) in [6, 6.07) is 13.7. The van der Waals surface area contributed by atoms with E-state index in [0.29, 0.717) is 5.76 Å². The maximum absolute atomic E-state index is 12.4. The third kappa shape index (κ3) is 5.91. The molecule has 3 aromatic rings. The number of amides is 1. The van der Waals surface area contributed by atoms with Crippen molar-refractivity contribution >= 4 is 33.3 Å². The average Bonchev–Trinajstić information content (AvgIpc) is 3.43. The summed E-state index contributed by atoms with van der Waals surface area (Å²) in [6.45, 7) is 4.21. The molecule has 6 nitrogen and oxygen atoms in total. The maximum atomic E-state index is 12.4. The van der Waals surface area contributed by atoms with Gasteiger partial charge in [0.2, 0.25) is 15.9 Å². The van der Waals surface area contributed by atoms with Gasteiger partial charge in [0.15, 0.2) is 0 Å². The second-order valence-corrected chi connectivity index (χ2v) is 9.80. The number of hydrogen-bond donors (Lipinski definition) is 2. The van der Waals surface area contributed by atoms with Crippen LogP contribution in [0.3, 0.4) is 0 Å². The number of rotatable bonds is 9. The molecule has 0 bridgehead atoms. The van der Waals surface area contributed by atoms with E-state index in [1.165, 1.54) is 24.5 Å². The number of carbonyl (C=O) groups is 1. The molecule has 0 aliphatic carbocycles. The summed E-state index contributed by atoms with van der Waals surface area (Å²) in [7, 11) is -3.65. The minimum Gasteiger partial charge on any atom is -0.468 e. The third-order valence-electron chi connectivity index (χ3n) is 4.45. The van der Waals surface area contributed by atoms with Gasteiger partial charge in [-0.1, -0.05) is 32.0 Å². The van der Waals surface area contributed by atoms with Gasteiger partial charge >= 0.3 is 0 Å². The molecule has 0 spiro atoms. The highest BCUT2D eigenvalue weighted by Crippen LogP contribution is 2.25. The van der Waals surface area contributed by atoms with Crippen LogP contribution in [0.1, 0.15) is 36.1 Å². The highest BCUT2D eigenvalue weighted by atomic mass is 32.2. The standard InChI is InChI=1S/C22H24N2O4S2/c1-16(2)22(20-6-4-14-29-20)24-21(25)12-9-17-7-10-19(11-8-17)30(26,27)23-15-18-5-3-13-28-18/h3-14,16,22-23H,15H2,1-2H3,(H,24,25)/b12-9+. The number of furan rings is 1. The summed E-state index contributed by atoms with van der Waals surface area (Å²) < 4.78 is 32.4. The van der Waals surface area contributed by atoms with E-state index in [1.807, 2.05) is 17.5 Å². The van der Waals surface area contributed by atoms with E-state index in [4.69, 9.17) is 4.42 Å². The van der Waals surface area contributed by atoms with Crippen LogP contribution < -0.4 is 10.0 Å². The highest BCUT2D eigenvalue weighted by molar-refractivity contribution is 7.89. The van der Waals surface area contributed by atoms with Crippen LogP contribution in [0.5, 0.6) is 0 Å². The normalized spacial score (nSPS) is 13.0. The van der Waals surface area contributed by atoms with E-state index in [2.05, 4.69) is 23.9 Å². The molecular formula is C22H24N2O4S2. The molecule has 0 saturated carbocycles. The Morgan fingerprint density at radius 3 is 2.50 bits per heavy atom. The topological polar surface area (TPSA) is 88.4 Å². The zero-order chi connectivity index (χ0) is 21.6. The van der Waals surface area contributed by atoms with Gasteiger partial charge in [0.05, 0.1) is 23.7 Å². The lowest BCUT2D eigenvalue weighted by Crippen LogP contribution is -2.29. The van der Waals surface area contributed by atoms with Gasteiger partial charge in [0.25, 0.3) is 0 Å². The molecule has 0 saturated heterocycles. The number of nitrogens with one attached hydrogen (secondary N) is 2. The van der Waals surface area contributed by atoms with Gasteiger partial charge in [0.1, 0.15) is 5.76 Å². The van der Waals surface area contributed by atoms with E-state index in [9.17, 15) is 13.2 Å². The first-order valence-corrected chi connectivity index (χ1v) is 11.9. The van der Waals surface area contributed by atoms with Crippen LogP contribution in [0.4, 0.5) is 0 Å². The Morgan fingerprint density at radius 2 is 1.90 bits per heavy atom. The highest BCUT2D eigenvalue weighted by Gasteiger charge is 2.18. The molecule has 2 aromatic heterocycles. The minimum absolute atomic E-state index is 0.0464. The molecule has 2 N–H and O–H groups in total. The molecule has 1 unspecified atom stereocenters.